The Labute approximate surface area is 257 Å². The van der Waals surface area contributed by atoms with Crippen LogP contribution in [0.15, 0.2) is 36.7 Å². The second kappa shape index (κ2) is 12.6. The molecule has 0 radical (unpaired) electrons. The molecule has 230 valence electrons. The van der Waals surface area contributed by atoms with Crippen LogP contribution in [0.3, 0.4) is 0 Å². The third kappa shape index (κ3) is 6.08. The van der Waals surface area contributed by atoms with E-state index in [-0.39, 0.29) is 29.6 Å². The van der Waals surface area contributed by atoms with Gasteiger partial charge in [-0.25, -0.2) is 13.8 Å². The number of aromatic nitrogens is 3. The molecule has 3 saturated heterocycles. The van der Waals surface area contributed by atoms with Gasteiger partial charge in [0.25, 0.3) is 0 Å². The van der Waals surface area contributed by atoms with E-state index >= 15 is 4.39 Å². The van der Waals surface area contributed by atoms with Crippen molar-refractivity contribution in [3.8, 4) is 0 Å². The molecule has 0 unspecified atom stereocenters. The van der Waals surface area contributed by atoms with Crippen molar-refractivity contribution in [1.82, 2.24) is 24.6 Å². The van der Waals surface area contributed by atoms with Crippen molar-refractivity contribution in [2.75, 3.05) is 39.4 Å². The predicted octanol–water partition coefficient (Wildman–Crippen LogP) is 5.81. The van der Waals surface area contributed by atoms with E-state index in [4.69, 9.17) is 16.3 Å². The number of halogens is 3. The zero-order valence-electron chi connectivity index (χ0n) is 25.1. The fourth-order valence-electron chi connectivity index (χ4n) is 7.48. The van der Waals surface area contributed by atoms with Gasteiger partial charge < -0.3 is 9.64 Å². The fourth-order valence-corrected chi connectivity index (χ4v) is 7.65. The van der Waals surface area contributed by atoms with Crippen LogP contribution in [0, 0.1) is 24.5 Å². The zero-order chi connectivity index (χ0) is 30.2. The monoisotopic (exact) mass is 611 g/mol. The molecule has 4 heterocycles. The molecule has 7 nitrogen and oxygen atoms in total. The molecule has 2 aromatic carbocycles. The summed E-state index contributed by atoms with van der Waals surface area (Å²) in [5.74, 6) is -0.616. The average molecular weight is 612 g/mol. The number of hydrogen-bond acceptors (Lipinski definition) is 5. The van der Waals surface area contributed by atoms with E-state index in [1.165, 1.54) is 23.3 Å². The van der Waals surface area contributed by atoms with Crippen LogP contribution >= 0.6 is 11.6 Å². The van der Waals surface area contributed by atoms with Gasteiger partial charge in [0, 0.05) is 75.4 Å². The van der Waals surface area contributed by atoms with Gasteiger partial charge in [-0.3, -0.25) is 14.4 Å². The molecule has 0 aliphatic carbocycles. The van der Waals surface area contributed by atoms with E-state index < -0.39 is 11.6 Å². The standard InChI is InChI=1S/C33H40ClF2N5O2/c1-20-14-26(21(2)32-37-19-38-39(32)3)27(16-30(20)34)22-6-10-40(11-7-22)33(42)29-18-41(24-8-12-43-13-9-24)17-28(29)25-5-4-23(35)15-31(25)36/h4-5,14-16,19,21-22,24,28-29H,6-13,17-18H2,1-3H3/t21-,28+,29-/m1/s1. The molecule has 3 aliphatic rings. The first-order valence-corrected chi connectivity index (χ1v) is 15.8. The summed E-state index contributed by atoms with van der Waals surface area (Å²) in [5.41, 5.74) is 3.85. The largest absolute Gasteiger partial charge is 0.381 e. The van der Waals surface area contributed by atoms with Crippen molar-refractivity contribution in [3.63, 3.8) is 0 Å². The molecule has 3 aliphatic heterocycles. The molecule has 0 N–H and O–H groups in total. The van der Waals surface area contributed by atoms with Crippen LogP contribution in [0.25, 0.3) is 0 Å². The van der Waals surface area contributed by atoms with E-state index in [0.29, 0.717) is 51.0 Å². The number of aryl methyl sites for hydroxylation is 2. The lowest BCUT2D eigenvalue weighted by molar-refractivity contribution is -0.136. The molecular weight excluding hydrogens is 572 g/mol. The molecule has 10 heteroatoms. The summed E-state index contributed by atoms with van der Waals surface area (Å²) in [6.45, 7) is 7.98. The molecule has 0 spiro atoms. The first kappa shape index (κ1) is 30.2. The average Bonchev–Trinajstić information content (AvgIpc) is 3.65. The Bertz CT molecular complexity index is 1470. The lowest BCUT2D eigenvalue weighted by Crippen LogP contribution is -2.44. The van der Waals surface area contributed by atoms with Gasteiger partial charge in [0.15, 0.2) is 0 Å². The second-order valence-electron chi connectivity index (χ2n) is 12.5. The van der Waals surface area contributed by atoms with Crippen LogP contribution in [-0.2, 0) is 16.6 Å². The maximum Gasteiger partial charge on any atom is 0.227 e. The van der Waals surface area contributed by atoms with Gasteiger partial charge in [0.05, 0.1) is 5.92 Å². The maximum atomic E-state index is 15.1. The minimum Gasteiger partial charge on any atom is -0.381 e. The van der Waals surface area contributed by atoms with Crippen molar-refractivity contribution >= 4 is 17.5 Å². The van der Waals surface area contributed by atoms with Gasteiger partial charge in [-0.05, 0) is 72.9 Å². The number of nitrogens with zero attached hydrogens (tertiary/aromatic N) is 5. The van der Waals surface area contributed by atoms with Crippen molar-refractivity contribution in [1.29, 1.82) is 0 Å². The highest BCUT2D eigenvalue weighted by Gasteiger charge is 2.44. The molecule has 0 bridgehead atoms. The van der Waals surface area contributed by atoms with Crippen LogP contribution in [0.4, 0.5) is 8.78 Å². The molecule has 0 saturated carbocycles. The third-order valence-electron chi connectivity index (χ3n) is 9.95. The van der Waals surface area contributed by atoms with Gasteiger partial charge in [0.1, 0.15) is 23.8 Å². The normalized spacial score (nSPS) is 23.2. The minimum atomic E-state index is -0.602. The molecule has 43 heavy (non-hydrogen) atoms. The zero-order valence-corrected chi connectivity index (χ0v) is 25.9. The van der Waals surface area contributed by atoms with Crippen LogP contribution in [0.5, 0.6) is 0 Å². The smallest absolute Gasteiger partial charge is 0.227 e. The van der Waals surface area contributed by atoms with Crippen LogP contribution in [-0.4, -0.2) is 75.9 Å². The maximum absolute atomic E-state index is 15.1. The molecule has 3 aromatic rings. The number of carbonyl (C=O) groups excluding carboxylic acids is 1. The van der Waals surface area contributed by atoms with E-state index in [1.54, 1.807) is 6.33 Å². The highest BCUT2D eigenvalue weighted by Crippen LogP contribution is 2.41. The van der Waals surface area contributed by atoms with Gasteiger partial charge in [-0.1, -0.05) is 30.7 Å². The fraction of sp³-hybridized carbons (Fsp3) is 0.545. The van der Waals surface area contributed by atoms with E-state index in [1.807, 2.05) is 23.6 Å². The molecule has 1 amide bonds. The van der Waals surface area contributed by atoms with Crippen molar-refractivity contribution in [2.45, 2.75) is 63.3 Å². The van der Waals surface area contributed by atoms with Gasteiger partial charge in [0.2, 0.25) is 5.91 Å². The summed E-state index contributed by atoms with van der Waals surface area (Å²) in [4.78, 5) is 22.9. The summed E-state index contributed by atoms with van der Waals surface area (Å²) < 4.78 is 36.2. The number of amides is 1. The van der Waals surface area contributed by atoms with Crippen molar-refractivity contribution in [3.05, 3.63) is 81.4 Å². The van der Waals surface area contributed by atoms with Gasteiger partial charge >= 0.3 is 0 Å². The Balaban J connectivity index is 1.21. The van der Waals surface area contributed by atoms with E-state index in [2.05, 4.69) is 34.0 Å². The van der Waals surface area contributed by atoms with Gasteiger partial charge in [-0.2, -0.15) is 5.10 Å². The molecular formula is C33H40ClF2N5O2. The Hall–Kier alpha value is -2.88. The highest BCUT2D eigenvalue weighted by molar-refractivity contribution is 6.31. The Morgan fingerprint density at radius 3 is 2.47 bits per heavy atom. The van der Waals surface area contributed by atoms with Crippen LogP contribution in [0.2, 0.25) is 5.02 Å². The summed E-state index contributed by atoms with van der Waals surface area (Å²) in [5, 5.41) is 5.01. The summed E-state index contributed by atoms with van der Waals surface area (Å²) in [6, 6.07) is 8.33. The quantitative estimate of drug-likeness (QED) is 0.352. The minimum absolute atomic E-state index is 0.0409. The predicted molar refractivity (Wildman–Crippen MR) is 161 cm³/mol. The molecule has 6 rings (SSSR count). The van der Waals surface area contributed by atoms with Crippen LogP contribution in [0.1, 0.15) is 78.4 Å². The number of benzene rings is 2. The molecule has 3 atom stereocenters. The highest BCUT2D eigenvalue weighted by atomic mass is 35.5. The summed E-state index contributed by atoms with van der Waals surface area (Å²) in [7, 11) is 1.91. The third-order valence-corrected chi connectivity index (χ3v) is 10.4. The van der Waals surface area contributed by atoms with E-state index in [9.17, 15) is 9.18 Å². The number of rotatable bonds is 6. The van der Waals surface area contributed by atoms with E-state index in [0.717, 1.165) is 48.2 Å². The Morgan fingerprint density at radius 2 is 1.79 bits per heavy atom. The lowest BCUT2D eigenvalue weighted by Gasteiger charge is -2.36. The van der Waals surface area contributed by atoms with Crippen LogP contribution < -0.4 is 0 Å². The Kier molecular flexibility index (Phi) is 8.85. The number of carbonyl (C=O) groups is 1. The summed E-state index contributed by atoms with van der Waals surface area (Å²) >= 11 is 6.64. The number of hydrogen-bond donors (Lipinski definition) is 0. The first-order valence-electron chi connectivity index (χ1n) is 15.4. The number of ether oxygens (including phenoxy) is 1. The molecule has 3 fully saturated rings. The summed E-state index contributed by atoms with van der Waals surface area (Å²) in [6.07, 6.45) is 5.01. The molecule has 1 aromatic heterocycles. The van der Waals surface area contributed by atoms with Crippen molar-refractivity contribution in [2.24, 2.45) is 13.0 Å². The number of likely N-dealkylation sites (tertiary alicyclic amines) is 2. The Morgan fingerprint density at radius 1 is 1.05 bits per heavy atom. The second-order valence-corrected chi connectivity index (χ2v) is 12.9. The lowest BCUT2D eigenvalue weighted by atomic mass is 9.81. The SMILES string of the molecule is Cc1cc([C@@H](C)c2ncnn2C)c(C2CCN(C(=O)[C@@H]3CN(C4CCOCC4)C[C@H]3c3ccc(F)cc3F)CC2)cc1Cl. The van der Waals surface area contributed by atoms with Crippen molar-refractivity contribution < 1.29 is 18.3 Å². The number of piperidine rings is 1. The topological polar surface area (TPSA) is 63.5 Å². The van der Waals surface area contributed by atoms with Gasteiger partial charge in [-0.15, -0.1) is 0 Å². The first-order chi connectivity index (χ1) is 20.7.